The van der Waals surface area contributed by atoms with Crippen LogP contribution in [0.3, 0.4) is 0 Å². The Kier molecular flexibility index (Phi) is 30.2. The maximum atomic E-state index is 13.3. The van der Waals surface area contributed by atoms with Crippen molar-refractivity contribution in [1.29, 1.82) is 0 Å². The van der Waals surface area contributed by atoms with E-state index in [1.807, 2.05) is 0 Å². The summed E-state index contributed by atoms with van der Waals surface area (Å²) in [5.74, 6) is -1.04. The first-order valence-electron chi connectivity index (χ1n) is 19.8. The maximum Gasteiger partial charge on any atom is 0.329 e. The van der Waals surface area contributed by atoms with Gasteiger partial charge in [0.05, 0.1) is 0 Å². The third-order valence-electron chi connectivity index (χ3n) is 8.36. The molecule has 2 amide bonds. The molecule has 48 heavy (non-hydrogen) atoms. The smallest absolute Gasteiger partial charge is 0.329 e. The molecule has 0 aromatic heterocycles. The zero-order chi connectivity index (χ0) is 35.7. The molecule has 0 rings (SSSR count). The van der Waals surface area contributed by atoms with Gasteiger partial charge in [-0.25, -0.2) is 4.79 Å². The number of unbranched alkanes of at least 4 members (excludes halogenated alkanes) is 16. The van der Waals surface area contributed by atoms with E-state index in [-0.39, 0.29) is 24.7 Å². The van der Waals surface area contributed by atoms with Crippen LogP contribution in [0.4, 0.5) is 0 Å². The molecule has 0 spiro atoms. The van der Waals surface area contributed by atoms with Crippen molar-refractivity contribution in [2.24, 2.45) is 0 Å². The van der Waals surface area contributed by atoms with E-state index < -0.39 is 17.6 Å². The second kappa shape index (κ2) is 31.8. The highest BCUT2D eigenvalue weighted by Gasteiger charge is 2.33. The Morgan fingerprint density at radius 1 is 0.521 bits per heavy atom. The van der Waals surface area contributed by atoms with Gasteiger partial charge in [-0.05, 0) is 105 Å². The SMILES string of the molecule is CCCCC/C=C\C/C=C\CCCCCCCC(=O)N(C(=O)CCCCCCC/C=C\C/C=C\CCCCC)C(C)C(=O)OC(C)(C)C. The first-order valence-corrected chi connectivity index (χ1v) is 19.8. The van der Waals surface area contributed by atoms with Crippen molar-refractivity contribution in [1.82, 2.24) is 4.90 Å². The third kappa shape index (κ3) is 28.6. The van der Waals surface area contributed by atoms with Crippen LogP contribution < -0.4 is 0 Å². The molecule has 0 aromatic carbocycles. The van der Waals surface area contributed by atoms with Crippen molar-refractivity contribution in [2.45, 2.75) is 207 Å². The number of carbonyl (C=O) groups is 3. The van der Waals surface area contributed by atoms with Gasteiger partial charge in [-0.3, -0.25) is 14.5 Å². The van der Waals surface area contributed by atoms with Crippen LogP contribution in [-0.2, 0) is 19.1 Å². The van der Waals surface area contributed by atoms with Crippen LogP contribution in [0, 0.1) is 0 Å². The molecular weight excluding hydrogens is 594 g/mol. The third-order valence-corrected chi connectivity index (χ3v) is 8.36. The van der Waals surface area contributed by atoms with E-state index in [0.717, 1.165) is 89.9 Å². The first kappa shape index (κ1) is 45.6. The Morgan fingerprint density at radius 2 is 0.854 bits per heavy atom. The lowest BCUT2D eigenvalue weighted by atomic mass is 10.1. The molecule has 276 valence electrons. The summed E-state index contributed by atoms with van der Waals surface area (Å²) in [5.41, 5.74) is -0.677. The average molecular weight is 670 g/mol. The fraction of sp³-hybridized carbons (Fsp3) is 0.744. The van der Waals surface area contributed by atoms with Crippen molar-refractivity contribution < 1.29 is 19.1 Å². The molecule has 0 saturated heterocycles. The summed E-state index contributed by atoms with van der Waals surface area (Å²) >= 11 is 0. The van der Waals surface area contributed by atoms with Crippen molar-refractivity contribution >= 4 is 17.8 Å². The van der Waals surface area contributed by atoms with Crippen LogP contribution in [-0.4, -0.2) is 34.3 Å². The molecule has 0 fully saturated rings. The predicted molar refractivity (Wildman–Crippen MR) is 206 cm³/mol. The number of hydrogen-bond donors (Lipinski definition) is 0. The standard InChI is InChI=1S/C43H75NO4/c1-7-9-11-13-15-17-19-21-23-25-27-29-31-33-35-37-40(45)44(39(3)42(47)48-43(4,5)6)41(46)38-36-34-32-30-28-26-24-22-20-18-16-14-12-10-8-2/h15-18,21-24,39H,7-14,19-20,25-38H2,1-6H3/b17-15-,18-16-,23-21-,24-22-. The van der Waals surface area contributed by atoms with Crippen LogP contribution in [0.1, 0.15) is 196 Å². The number of ether oxygens (including phenoxy) is 1. The molecule has 0 aromatic rings. The average Bonchev–Trinajstić information content (AvgIpc) is 3.04. The number of imide groups is 1. The summed E-state index contributed by atoms with van der Waals surface area (Å²) < 4.78 is 5.54. The molecule has 1 unspecified atom stereocenters. The van der Waals surface area contributed by atoms with E-state index in [4.69, 9.17) is 4.74 Å². The summed E-state index contributed by atoms with van der Waals surface area (Å²) in [6, 6.07) is -0.917. The van der Waals surface area contributed by atoms with E-state index in [9.17, 15) is 14.4 Å². The van der Waals surface area contributed by atoms with E-state index >= 15 is 0 Å². The molecule has 1 atom stereocenters. The normalized spacial score (nSPS) is 13.0. The number of amides is 2. The van der Waals surface area contributed by atoms with Crippen LogP contribution in [0.25, 0.3) is 0 Å². The Hall–Kier alpha value is -2.43. The number of hydrogen-bond acceptors (Lipinski definition) is 4. The van der Waals surface area contributed by atoms with Gasteiger partial charge in [0.15, 0.2) is 0 Å². The number of rotatable bonds is 30. The first-order chi connectivity index (χ1) is 23.1. The zero-order valence-electron chi connectivity index (χ0n) is 32.2. The fourth-order valence-electron chi connectivity index (χ4n) is 5.48. The molecule has 0 saturated carbocycles. The minimum absolute atomic E-state index is 0.258. The summed E-state index contributed by atoms with van der Waals surface area (Å²) in [7, 11) is 0. The Labute approximate surface area is 297 Å². The van der Waals surface area contributed by atoms with Gasteiger partial charge in [-0.2, -0.15) is 0 Å². The summed E-state index contributed by atoms with van der Waals surface area (Å²) in [4.78, 5) is 40.6. The second-order valence-electron chi connectivity index (χ2n) is 14.3. The monoisotopic (exact) mass is 670 g/mol. The minimum atomic E-state index is -0.917. The lowest BCUT2D eigenvalue weighted by molar-refractivity contribution is -0.168. The lowest BCUT2D eigenvalue weighted by Gasteiger charge is -2.29. The van der Waals surface area contributed by atoms with Crippen molar-refractivity contribution in [3.05, 3.63) is 48.6 Å². The Morgan fingerprint density at radius 3 is 1.21 bits per heavy atom. The zero-order valence-corrected chi connectivity index (χ0v) is 32.2. The number of esters is 1. The summed E-state index contributed by atoms with van der Waals surface area (Å²) in [6.45, 7) is 11.5. The van der Waals surface area contributed by atoms with E-state index in [1.54, 1.807) is 27.7 Å². The second-order valence-corrected chi connectivity index (χ2v) is 14.3. The van der Waals surface area contributed by atoms with E-state index in [0.29, 0.717) is 0 Å². The molecule has 0 aliphatic rings. The quantitative estimate of drug-likeness (QED) is 0.0434. The lowest BCUT2D eigenvalue weighted by Crippen LogP contribution is -2.49. The van der Waals surface area contributed by atoms with Gasteiger partial charge in [0, 0.05) is 12.8 Å². The maximum absolute atomic E-state index is 13.3. The van der Waals surface area contributed by atoms with Crippen LogP contribution in [0.2, 0.25) is 0 Å². The Balaban J connectivity index is 4.45. The molecule has 0 aliphatic heterocycles. The predicted octanol–water partition coefficient (Wildman–Crippen LogP) is 12.7. The summed E-state index contributed by atoms with van der Waals surface area (Å²) in [5, 5.41) is 0. The van der Waals surface area contributed by atoms with Crippen molar-refractivity contribution in [3.63, 3.8) is 0 Å². The number of nitrogens with zero attached hydrogens (tertiary/aromatic N) is 1. The fourth-order valence-corrected chi connectivity index (χ4v) is 5.48. The van der Waals surface area contributed by atoms with Gasteiger partial charge in [0.2, 0.25) is 11.8 Å². The van der Waals surface area contributed by atoms with Crippen LogP contribution >= 0.6 is 0 Å². The van der Waals surface area contributed by atoms with E-state index in [1.165, 1.54) is 56.3 Å². The topological polar surface area (TPSA) is 63.7 Å². The highest BCUT2D eigenvalue weighted by Crippen LogP contribution is 2.17. The van der Waals surface area contributed by atoms with Gasteiger partial charge < -0.3 is 4.74 Å². The van der Waals surface area contributed by atoms with Gasteiger partial charge >= 0.3 is 5.97 Å². The summed E-state index contributed by atoms with van der Waals surface area (Å²) in [6.07, 6.45) is 43.1. The molecule has 0 heterocycles. The van der Waals surface area contributed by atoms with Gasteiger partial charge in [0.1, 0.15) is 11.6 Å². The largest absolute Gasteiger partial charge is 0.458 e. The highest BCUT2D eigenvalue weighted by molar-refractivity contribution is 5.99. The molecule has 0 aliphatic carbocycles. The van der Waals surface area contributed by atoms with Gasteiger partial charge in [-0.15, -0.1) is 0 Å². The van der Waals surface area contributed by atoms with Crippen molar-refractivity contribution in [3.8, 4) is 0 Å². The number of allylic oxidation sites excluding steroid dienone is 8. The number of carbonyl (C=O) groups excluding carboxylic acids is 3. The van der Waals surface area contributed by atoms with Gasteiger partial charge in [-0.1, -0.05) is 127 Å². The molecule has 5 nitrogen and oxygen atoms in total. The Bertz CT molecular complexity index is 866. The van der Waals surface area contributed by atoms with Crippen LogP contribution in [0.5, 0.6) is 0 Å². The van der Waals surface area contributed by atoms with Crippen molar-refractivity contribution in [2.75, 3.05) is 0 Å². The van der Waals surface area contributed by atoms with E-state index in [2.05, 4.69) is 62.5 Å². The molecule has 0 bridgehead atoms. The molecule has 0 radical (unpaired) electrons. The molecule has 0 N–H and O–H groups in total. The minimum Gasteiger partial charge on any atom is -0.458 e. The molecule has 5 heteroatoms. The highest BCUT2D eigenvalue weighted by atomic mass is 16.6. The van der Waals surface area contributed by atoms with Gasteiger partial charge in [0.25, 0.3) is 0 Å². The molecular formula is C43H75NO4. The van der Waals surface area contributed by atoms with Crippen LogP contribution in [0.15, 0.2) is 48.6 Å².